The van der Waals surface area contributed by atoms with Gasteiger partial charge in [0, 0.05) is 37.2 Å². The third-order valence-corrected chi connectivity index (χ3v) is 7.03. The lowest BCUT2D eigenvalue weighted by molar-refractivity contribution is -0.139. The van der Waals surface area contributed by atoms with Crippen LogP contribution in [0.5, 0.6) is 0 Å². The summed E-state index contributed by atoms with van der Waals surface area (Å²) in [6.07, 6.45) is 2.89. The number of halogens is 1. The van der Waals surface area contributed by atoms with Gasteiger partial charge in [0.1, 0.15) is 0 Å². The van der Waals surface area contributed by atoms with E-state index in [0.29, 0.717) is 31.1 Å². The molecule has 2 rings (SSSR count). The largest absolute Gasteiger partial charge is 0.348 e. The van der Waals surface area contributed by atoms with E-state index in [0.717, 1.165) is 19.3 Å². The molecule has 0 bridgehead atoms. The SMILES string of the molecule is CN(C)CCNC(=O)C(=O)NCCC1CCCCN1S(=O)(=O)c1ccc(Cl)cc1. The summed E-state index contributed by atoms with van der Waals surface area (Å²) in [6, 6.07) is 5.90. The Hall–Kier alpha value is -1.68. The molecule has 1 saturated heterocycles. The van der Waals surface area contributed by atoms with Crippen LogP contribution in [0.1, 0.15) is 25.7 Å². The summed E-state index contributed by atoms with van der Waals surface area (Å²) in [4.78, 5) is 25.8. The fraction of sp³-hybridized carbons (Fsp3) is 0.579. The Kier molecular flexibility index (Phi) is 8.88. The summed E-state index contributed by atoms with van der Waals surface area (Å²) in [5, 5.41) is 5.61. The van der Waals surface area contributed by atoms with Crippen molar-refractivity contribution < 1.29 is 18.0 Å². The lowest BCUT2D eigenvalue weighted by Gasteiger charge is -2.34. The summed E-state index contributed by atoms with van der Waals surface area (Å²) in [5.41, 5.74) is 0. The topological polar surface area (TPSA) is 98.8 Å². The molecular weight excluding hydrogens is 416 g/mol. The van der Waals surface area contributed by atoms with E-state index in [1.165, 1.54) is 16.4 Å². The van der Waals surface area contributed by atoms with Crippen LogP contribution in [0, 0.1) is 0 Å². The van der Waals surface area contributed by atoms with E-state index in [4.69, 9.17) is 11.6 Å². The van der Waals surface area contributed by atoms with Crippen molar-refractivity contribution in [3.05, 3.63) is 29.3 Å². The first-order valence-electron chi connectivity index (χ1n) is 9.70. The lowest BCUT2D eigenvalue weighted by atomic mass is 10.0. The molecule has 1 heterocycles. The molecule has 0 aliphatic carbocycles. The van der Waals surface area contributed by atoms with Gasteiger partial charge in [-0.3, -0.25) is 9.59 Å². The van der Waals surface area contributed by atoms with Crippen molar-refractivity contribution >= 4 is 33.4 Å². The zero-order valence-corrected chi connectivity index (χ0v) is 18.4. The third kappa shape index (κ3) is 6.95. The monoisotopic (exact) mass is 444 g/mol. The number of piperidine rings is 1. The van der Waals surface area contributed by atoms with Crippen LogP contribution in [0.25, 0.3) is 0 Å². The van der Waals surface area contributed by atoms with Gasteiger partial charge in [0.2, 0.25) is 10.0 Å². The lowest BCUT2D eigenvalue weighted by Crippen LogP contribution is -2.46. The molecule has 1 aliphatic heterocycles. The van der Waals surface area contributed by atoms with Crippen molar-refractivity contribution in [2.75, 3.05) is 40.3 Å². The van der Waals surface area contributed by atoms with Gasteiger partial charge in [-0.25, -0.2) is 8.42 Å². The number of carbonyl (C=O) groups excluding carboxylic acids is 2. The Morgan fingerprint density at radius 2 is 1.72 bits per heavy atom. The van der Waals surface area contributed by atoms with Gasteiger partial charge in [0.05, 0.1) is 4.90 Å². The number of nitrogens with zero attached hydrogens (tertiary/aromatic N) is 2. The predicted molar refractivity (Wildman–Crippen MR) is 112 cm³/mol. The van der Waals surface area contributed by atoms with Crippen LogP contribution in [0.2, 0.25) is 5.02 Å². The number of hydrogen-bond donors (Lipinski definition) is 2. The van der Waals surface area contributed by atoms with E-state index in [2.05, 4.69) is 10.6 Å². The molecule has 1 aliphatic rings. The van der Waals surface area contributed by atoms with Gasteiger partial charge in [0.15, 0.2) is 0 Å². The molecule has 29 heavy (non-hydrogen) atoms. The van der Waals surface area contributed by atoms with Crippen LogP contribution >= 0.6 is 11.6 Å². The molecule has 10 heteroatoms. The number of rotatable bonds is 8. The fourth-order valence-electron chi connectivity index (χ4n) is 3.23. The first-order chi connectivity index (χ1) is 13.7. The van der Waals surface area contributed by atoms with Crippen molar-refractivity contribution in [1.29, 1.82) is 0 Å². The van der Waals surface area contributed by atoms with E-state index in [1.54, 1.807) is 12.1 Å². The number of benzene rings is 1. The van der Waals surface area contributed by atoms with Crippen LogP contribution in [-0.4, -0.2) is 75.8 Å². The minimum atomic E-state index is -3.64. The van der Waals surface area contributed by atoms with Crippen molar-refractivity contribution in [2.45, 2.75) is 36.6 Å². The highest BCUT2D eigenvalue weighted by atomic mass is 35.5. The Morgan fingerprint density at radius 3 is 2.34 bits per heavy atom. The van der Waals surface area contributed by atoms with Crippen molar-refractivity contribution in [2.24, 2.45) is 0 Å². The van der Waals surface area contributed by atoms with Gasteiger partial charge in [-0.05, 0) is 57.6 Å². The average Bonchev–Trinajstić information content (AvgIpc) is 2.68. The molecule has 1 unspecified atom stereocenters. The molecule has 1 atom stereocenters. The molecule has 2 N–H and O–H groups in total. The Morgan fingerprint density at radius 1 is 1.10 bits per heavy atom. The van der Waals surface area contributed by atoms with Crippen molar-refractivity contribution in [3.8, 4) is 0 Å². The molecule has 0 saturated carbocycles. The molecular formula is C19H29ClN4O4S. The number of amides is 2. The number of nitrogens with one attached hydrogen (secondary N) is 2. The molecule has 162 valence electrons. The first kappa shape index (κ1) is 23.6. The van der Waals surface area contributed by atoms with Crippen LogP contribution in [-0.2, 0) is 19.6 Å². The standard InChI is InChI=1S/C19H29ClN4O4S/c1-23(2)14-12-22-19(26)18(25)21-11-10-16-5-3-4-13-24(16)29(27,28)17-8-6-15(20)7-9-17/h6-9,16H,3-5,10-14H2,1-2H3,(H,21,25)(H,22,26). The van der Waals surface area contributed by atoms with E-state index in [9.17, 15) is 18.0 Å². The van der Waals surface area contributed by atoms with E-state index < -0.39 is 21.8 Å². The highest BCUT2D eigenvalue weighted by Gasteiger charge is 2.33. The normalized spacial score (nSPS) is 17.9. The fourth-order valence-corrected chi connectivity index (χ4v) is 5.08. The highest BCUT2D eigenvalue weighted by molar-refractivity contribution is 7.89. The van der Waals surface area contributed by atoms with Crippen LogP contribution in [0.4, 0.5) is 0 Å². The molecule has 2 amide bonds. The quantitative estimate of drug-likeness (QED) is 0.584. The van der Waals surface area contributed by atoms with Gasteiger partial charge in [-0.1, -0.05) is 18.0 Å². The second-order valence-corrected chi connectivity index (χ2v) is 9.65. The Balaban J connectivity index is 1.90. The number of hydrogen-bond acceptors (Lipinski definition) is 5. The van der Waals surface area contributed by atoms with Crippen LogP contribution < -0.4 is 10.6 Å². The second kappa shape index (κ2) is 10.9. The van der Waals surface area contributed by atoms with Gasteiger partial charge in [0.25, 0.3) is 0 Å². The van der Waals surface area contributed by atoms with Crippen molar-refractivity contribution in [1.82, 2.24) is 19.8 Å². The molecule has 0 aromatic heterocycles. The van der Waals surface area contributed by atoms with Crippen LogP contribution in [0.3, 0.4) is 0 Å². The maximum Gasteiger partial charge on any atom is 0.309 e. The van der Waals surface area contributed by atoms with Crippen molar-refractivity contribution in [3.63, 3.8) is 0 Å². The third-order valence-electron chi connectivity index (χ3n) is 4.81. The molecule has 1 aromatic carbocycles. The van der Waals surface area contributed by atoms with Gasteiger partial charge >= 0.3 is 11.8 Å². The first-order valence-corrected chi connectivity index (χ1v) is 11.5. The summed E-state index contributed by atoms with van der Waals surface area (Å²) < 4.78 is 27.5. The Bertz CT molecular complexity index is 799. The number of likely N-dealkylation sites (N-methyl/N-ethyl adjacent to an activating group) is 1. The molecule has 8 nitrogen and oxygen atoms in total. The molecule has 0 radical (unpaired) electrons. The minimum Gasteiger partial charge on any atom is -0.348 e. The van der Waals surface area contributed by atoms with E-state index in [1.807, 2.05) is 19.0 Å². The van der Waals surface area contributed by atoms with Gasteiger partial charge in [-0.2, -0.15) is 4.31 Å². The van der Waals surface area contributed by atoms with Gasteiger partial charge in [-0.15, -0.1) is 0 Å². The molecule has 1 aromatic rings. The summed E-state index contributed by atoms with van der Waals surface area (Å²) >= 11 is 5.86. The molecule has 1 fully saturated rings. The summed E-state index contributed by atoms with van der Waals surface area (Å²) in [5.74, 6) is -1.38. The molecule has 0 spiro atoms. The number of carbonyl (C=O) groups is 2. The van der Waals surface area contributed by atoms with Gasteiger partial charge < -0.3 is 15.5 Å². The maximum atomic E-state index is 13.0. The number of sulfonamides is 1. The smallest absolute Gasteiger partial charge is 0.309 e. The van der Waals surface area contributed by atoms with Crippen LogP contribution in [0.15, 0.2) is 29.2 Å². The zero-order chi connectivity index (χ0) is 21.4. The van der Waals surface area contributed by atoms with E-state index >= 15 is 0 Å². The Labute approximate surface area is 177 Å². The summed E-state index contributed by atoms with van der Waals surface area (Å²) in [7, 11) is 0.113. The minimum absolute atomic E-state index is 0.207. The second-order valence-electron chi connectivity index (χ2n) is 7.32. The average molecular weight is 445 g/mol. The highest BCUT2D eigenvalue weighted by Crippen LogP contribution is 2.27. The van der Waals surface area contributed by atoms with E-state index in [-0.39, 0.29) is 17.5 Å². The predicted octanol–water partition coefficient (Wildman–Crippen LogP) is 1.07. The summed E-state index contributed by atoms with van der Waals surface area (Å²) in [6.45, 7) is 1.69. The zero-order valence-electron chi connectivity index (χ0n) is 16.9. The maximum absolute atomic E-state index is 13.0.